The van der Waals surface area contributed by atoms with Gasteiger partial charge in [-0.3, -0.25) is 9.59 Å². The van der Waals surface area contributed by atoms with E-state index in [0.717, 1.165) is 6.42 Å². The number of ether oxygens (including phenoxy) is 7. The van der Waals surface area contributed by atoms with Crippen LogP contribution in [0.3, 0.4) is 0 Å². The van der Waals surface area contributed by atoms with E-state index in [1.807, 2.05) is 6.92 Å². The Morgan fingerprint density at radius 2 is 0.830 bits per heavy atom. The lowest BCUT2D eigenvalue weighted by Gasteiger charge is -2.51. The van der Waals surface area contributed by atoms with Crippen molar-refractivity contribution >= 4 is 11.6 Å². The highest BCUT2D eigenvalue weighted by molar-refractivity contribution is 5.81. The van der Waals surface area contributed by atoms with E-state index in [1.165, 1.54) is 0 Å². The zero-order chi connectivity index (χ0) is 35.1. The highest BCUT2D eigenvalue weighted by atomic mass is 16.7. The summed E-state index contributed by atoms with van der Waals surface area (Å²) < 4.78 is 46.0. The Morgan fingerprint density at radius 3 is 1.32 bits per heavy atom. The number of Topliss-reactive ketones (excluding diaryl/α,β-unsaturated/α-hetero) is 2. The Balaban J connectivity index is 1.47. The van der Waals surface area contributed by atoms with E-state index in [2.05, 4.69) is 76.2 Å². The second kappa shape index (κ2) is 15.9. The minimum absolute atomic E-state index is 0.0118. The maximum absolute atomic E-state index is 13.1. The van der Waals surface area contributed by atoms with Crippen LogP contribution in [0.4, 0.5) is 0 Å². The van der Waals surface area contributed by atoms with E-state index in [9.17, 15) is 9.59 Å². The first kappa shape index (κ1) is 38.9. The van der Waals surface area contributed by atoms with Gasteiger partial charge in [0.2, 0.25) is 0 Å². The molecule has 9 unspecified atom stereocenters. The molecule has 0 radical (unpaired) electrons. The number of rotatable bonds is 10. The third kappa shape index (κ3) is 7.87. The molecule has 0 saturated carbocycles. The molecule has 4 aliphatic heterocycles. The molecular formula is C38H66O9. The Hall–Kier alpha value is -0.940. The van der Waals surface area contributed by atoms with Gasteiger partial charge >= 0.3 is 0 Å². The molecular weight excluding hydrogens is 600 g/mol. The van der Waals surface area contributed by atoms with Crippen LogP contribution in [0, 0.1) is 53.3 Å². The summed E-state index contributed by atoms with van der Waals surface area (Å²) in [5.41, 5.74) is 0. The van der Waals surface area contributed by atoms with Crippen molar-refractivity contribution in [1.82, 2.24) is 0 Å². The van der Waals surface area contributed by atoms with Crippen molar-refractivity contribution < 1.29 is 42.7 Å². The molecule has 0 aromatic heterocycles. The van der Waals surface area contributed by atoms with Crippen molar-refractivity contribution in [2.75, 3.05) is 0 Å². The normalized spacial score (nSPS) is 51.0. The SMILES string of the molecule is CCC1O[C@H](O[C@@H]2C(C(C)=O)O[C@@H](O[C@@H]3C(CC)O[C@@H](O[C@H]4C(C(C)=O)OC(C)[C@@H](C)C4C)C(C)[C@H]3C)C(C)[C@H]2C)C(C)[C@@H](C)[C@@H]1C. The fourth-order valence-corrected chi connectivity index (χ4v) is 8.33. The first-order chi connectivity index (χ1) is 22.0. The van der Waals surface area contributed by atoms with Gasteiger partial charge in [-0.1, -0.05) is 76.2 Å². The molecule has 0 bridgehead atoms. The molecule has 4 rings (SSSR count). The topological polar surface area (TPSA) is 98.8 Å². The van der Waals surface area contributed by atoms with Crippen LogP contribution < -0.4 is 0 Å². The quantitative estimate of drug-likeness (QED) is 0.249. The molecule has 4 fully saturated rings. The fourth-order valence-electron chi connectivity index (χ4n) is 8.33. The van der Waals surface area contributed by atoms with Gasteiger partial charge in [-0.05, 0) is 69.1 Å². The summed E-state index contributed by atoms with van der Waals surface area (Å²) in [7, 11) is 0. The predicted octanol–water partition coefficient (Wildman–Crippen LogP) is 6.83. The van der Waals surface area contributed by atoms with Crippen LogP contribution in [0.5, 0.6) is 0 Å². The summed E-state index contributed by atoms with van der Waals surface area (Å²) in [4.78, 5) is 25.7. The number of hydrogen-bond donors (Lipinski definition) is 0. The Kier molecular flexibility index (Phi) is 13.2. The van der Waals surface area contributed by atoms with Crippen LogP contribution in [0.2, 0.25) is 0 Å². The lowest BCUT2D eigenvalue weighted by molar-refractivity contribution is -0.350. The van der Waals surface area contributed by atoms with E-state index in [-0.39, 0.29) is 77.4 Å². The van der Waals surface area contributed by atoms with Gasteiger partial charge in [0, 0.05) is 17.8 Å². The molecule has 4 saturated heterocycles. The van der Waals surface area contributed by atoms with Crippen molar-refractivity contribution in [2.24, 2.45) is 53.3 Å². The van der Waals surface area contributed by atoms with E-state index in [0.29, 0.717) is 18.3 Å². The average molecular weight is 667 g/mol. The molecule has 0 aromatic rings. The minimum Gasteiger partial charge on any atom is -0.364 e. The third-order valence-corrected chi connectivity index (χ3v) is 13.0. The van der Waals surface area contributed by atoms with Crippen LogP contribution in [0.1, 0.15) is 110 Å². The van der Waals surface area contributed by atoms with Crippen molar-refractivity contribution in [3.63, 3.8) is 0 Å². The average Bonchev–Trinajstić information content (AvgIpc) is 3.03. The molecule has 4 aliphatic rings. The van der Waals surface area contributed by atoms with Gasteiger partial charge in [-0.25, -0.2) is 0 Å². The van der Waals surface area contributed by atoms with Gasteiger partial charge in [0.1, 0.15) is 12.2 Å². The lowest BCUT2D eigenvalue weighted by Crippen LogP contribution is -2.60. The monoisotopic (exact) mass is 666 g/mol. The highest BCUT2D eigenvalue weighted by Gasteiger charge is 2.52. The van der Waals surface area contributed by atoms with Gasteiger partial charge in [0.05, 0.1) is 36.6 Å². The molecule has 4 heterocycles. The van der Waals surface area contributed by atoms with E-state index in [1.54, 1.807) is 13.8 Å². The second-order valence-electron chi connectivity index (χ2n) is 15.8. The summed E-state index contributed by atoms with van der Waals surface area (Å²) in [6.07, 6.45) is -2.48. The van der Waals surface area contributed by atoms with Crippen molar-refractivity contribution in [3.05, 3.63) is 0 Å². The second-order valence-corrected chi connectivity index (χ2v) is 15.8. The first-order valence-corrected chi connectivity index (χ1v) is 18.6. The van der Waals surface area contributed by atoms with Gasteiger partial charge in [-0.15, -0.1) is 0 Å². The molecule has 9 nitrogen and oxygen atoms in total. The maximum atomic E-state index is 13.1. The molecule has 0 spiro atoms. The van der Waals surface area contributed by atoms with Crippen LogP contribution in [0.15, 0.2) is 0 Å². The zero-order valence-corrected chi connectivity index (χ0v) is 31.6. The summed E-state index contributed by atoms with van der Waals surface area (Å²) in [6, 6.07) is 0. The zero-order valence-electron chi connectivity index (χ0n) is 31.6. The van der Waals surface area contributed by atoms with Crippen molar-refractivity contribution in [3.8, 4) is 0 Å². The number of hydrogen-bond acceptors (Lipinski definition) is 9. The number of carbonyl (C=O) groups is 2. The summed E-state index contributed by atoms with van der Waals surface area (Å²) >= 11 is 0. The van der Waals surface area contributed by atoms with Crippen LogP contribution >= 0.6 is 0 Å². The molecule has 0 aromatic carbocycles. The summed E-state index contributed by atoms with van der Waals surface area (Å²) in [5.74, 6) is 1.34. The fraction of sp³-hybridized carbons (Fsp3) is 0.947. The van der Waals surface area contributed by atoms with Gasteiger partial charge in [0.25, 0.3) is 0 Å². The van der Waals surface area contributed by atoms with E-state index in [4.69, 9.17) is 33.2 Å². The molecule has 0 aliphatic carbocycles. The van der Waals surface area contributed by atoms with Crippen LogP contribution in [0.25, 0.3) is 0 Å². The lowest BCUT2D eigenvalue weighted by atomic mass is 9.78. The van der Waals surface area contributed by atoms with Crippen molar-refractivity contribution in [2.45, 2.75) is 177 Å². The Bertz CT molecular complexity index is 1050. The molecule has 47 heavy (non-hydrogen) atoms. The van der Waals surface area contributed by atoms with E-state index >= 15 is 0 Å². The maximum Gasteiger partial charge on any atom is 0.162 e. The third-order valence-electron chi connectivity index (χ3n) is 13.0. The number of carbonyl (C=O) groups excluding carboxylic acids is 2. The highest BCUT2D eigenvalue weighted by Crippen LogP contribution is 2.44. The molecule has 272 valence electrons. The van der Waals surface area contributed by atoms with Crippen molar-refractivity contribution in [1.29, 1.82) is 0 Å². The molecule has 0 N–H and O–H groups in total. The van der Waals surface area contributed by atoms with E-state index < -0.39 is 43.3 Å². The van der Waals surface area contributed by atoms with Crippen LogP contribution in [-0.2, 0) is 42.7 Å². The molecule has 9 heteroatoms. The smallest absolute Gasteiger partial charge is 0.162 e. The van der Waals surface area contributed by atoms with Gasteiger partial charge in [-0.2, -0.15) is 0 Å². The summed E-state index contributed by atoms with van der Waals surface area (Å²) in [5, 5.41) is 0. The largest absolute Gasteiger partial charge is 0.364 e. The first-order valence-electron chi connectivity index (χ1n) is 18.6. The van der Waals surface area contributed by atoms with Crippen LogP contribution in [-0.4, -0.2) is 79.3 Å². The Labute approximate surface area is 284 Å². The minimum atomic E-state index is -0.759. The number of ketones is 2. The predicted molar refractivity (Wildman–Crippen MR) is 179 cm³/mol. The van der Waals surface area contributed by atoms with Gasteiger partial charge in [0.15, 0.2) is 30.4 Å². The van der Waals surface area contributed by atoms with Gasteiger partial charge < -0.3 is 33.2 Å². The molecule has 0 amide bonds. The molecule has 20 atom stereocenters. The standard InChI is InChI=1S/C38H66O9/c1-15-29-19(5)17(3)23(9)36(42-29)46-33-22(8)25(11)38(47-35(33)27(13)40)44-31-21(7)24(10)37(43-30(31)16-2)45-32-20(6)18(4)28(14)41-34(32)26(12)39/h17-25,28-38H,15-16H2,1-14H3/t17-,18-,19-,20?,21+,22+,23?,24?,25?,28?,29?,30?,31-,32+,33-,34?,35?,36+,37-,38+/m0/s1. The summed E-state index contributed by atoms with van der Waals surface area (Å²) in [6.45, 7) is 28.9. The Morgan fingerprint density at radius 1 is 0.447 bits per heavy atom.